The Bertz CT molecular complexity index is 1220. The van der Waals surface area contributed by atoms with Crippen molar-refractivity contribution in [3.63, 3.8) is 0 Å². The summed E-state index contributed by atoms with van der Waals surface area (Å²) < 4.78 is 27.2. The lowest BCUT2D eigenvalue weighted by molar-refractivity contribution is -0.133. The van der Waals surface area contributed by atoms with E-state index in [4.69, 9.17) is 5.73 Å². The van der Waals surface area contributed by atoms with Gasteiger partial charge in [-0.2, -0.15) is 0 Å². The molecule has 1 aromatic heterocycles. The van der Waals surface area contributed by atoms with Gasteiger partial charge in [0.15, 0.2) is 0 Å². The predicted octanol–water partition coefficient (Wildman–Crippen LogP) is 3.71. The number of nitrogens with one attached hydrogen (secondary N) is 1. The smallest absolute Gasteiger partial charge is 0.222 e. The summed E-state index contributed by atoms with van der Waals surface area (Å²) in [7, 11) is 0. The third-order valence-corrected chi connectivity index (χ3v) is 6.65. The number of aryl methyl sites for hydroxylation is 1. The molecule has 2 amide bonds. The van der Waals surface area contributed by atoms with Gasteiger partial charge in [0.1, 0.15) is 11.6 Å². The van der Waals surface area contributed by atoms with Crippen molar-refractivity contribution in [1.29, 1.82) is 0 Å². The van der Waals surface area contributed by atoms with Gasteiger partial charge in [0.2, 0.25) is 11.8 Å². The molecule has 0 unspecified atom stereocenters. The Morgan fingerprint density at radius 1 is 1.00 bits per heavy atom. The van der Waals surface area contributed by atoms with Gasteiger partial charge in [-0.3, -0.25) is 14.6 Å². The minimum absolute atomic E-state index is 0.0435. The lowest BCUT2D eigenvalue weighted by Gasteiger charge is -2.28. The molecule has 0 aliphatic rings. The number of aliphatic hydroxyl groups excluding tert-OH is 1. The zero-order valence-electron chi connectivity index (χ0n) is 22.9. The normalized spacial score (nSPS) is 12.5. The minimum atomic E-state index is -1.13. The van der Waals surface area contributed by atoms with E-state index in [-0.39, 0.29) is 44.2 Å². The lowest BCUT2D eigenvalue weighted by Crippen LogP contribution is -2.46. The van der Waals surface area contributed by atoms with Crippen LogP contribution in [0.4, 0.5) is 8.78 Å². The van der Waals surface area contributed by atoms with Crippen LogP contribution in [0.3, 0.4) is 0 Å². The molecule has 0 radical (unpaired) electrons. The number of carbonyl (C=O) groups is 2. The Morgan fingerprint density at radius 3 is 2.45 bits per heavy atom. The number of aliphatic hydroxyl groups is 1. The highest BCUT2D eigenvalue weighted by Crippen LogP contribution is 2.15. The number of nitrogens with two attached hydrogens (primary N) is 1. The van der Waals surface area contributed by atoms with Crippen molar-refractivity contribution in [1.82, 2.24) is 15.2 Å². The molecule has 0 saturated carbocycles. The molecule has 1 heterocycles. The van der Waals surface area contributed by atoms with Crippen LogP contribution in [0.15, 0.2) is 66.9 Å². The van der Waals surface area contributed by atoms with Crippen molar-refractivity contribution in [2.75, 3.05) is 13.1 Å². The number of aromatic nitrogens is 1. The molecule has 7 nitrogen and oxygen atoms in total. The summed E-state index contributed by atoms with van der Waals surface area (Å²) in [6, 6.07) is 15.8. The second kappa shape index (κ2) is 15.8. The fourth-order valence-electron chi connectivity index (χ4n) is 4.44. The summed E-state index contributed by atoms with van der Waals surface area (Å²) in [6.07, 6.45) is 2.76. The summed E-state index contributed by atoms with van der Waals surface area (Å²) in [5.41, 5.74) is 9.42. The Morgan fingerprint density at radius 2 is 1.75 bits per heavy atom. The molecule has 9 heteroatoms. The first kappa shape index (κ1) is 30.8. The highest BCUT2D eigenvalue weighted by Gasteiger charge is 2.23. The lowest BCUT2D eigenvalue weighted by atomic mass is 10.0. The highest BCUT2D eigenvalue weighted by molar-refractivity contribution is 5.79. The number of nitrogens with zero attached hydrogens (tertiary/aromatic N) is 2. The second-order valence-electron chi connectivity index (χ2n) is 9.94. The van der Waals surface area contributed by atoms with Crippen molar-refractivity contribution in [2.45, 2.75) is 64.1 Å². The van der Waals surface area contributed by atoms with Crippen molar-refractivity contribution >= 4 is 11.8 Å². The van der Waals surface area contributed by atoms with Gasteiger partial charge in [-0.05, 0) is 60.2 Å². The highest BCUT2D eigenvalue weighted by atomic mass is 19.1. The summed E-state index contributed by atoms with van der Waals surface area (Å²) in [6.45, 7) is 2.72. The maximum Gasteiger partial charge on any atom is 0.222 e. The van der Waals surface area contributed by atoms with Crippen LogP contribution in [0, 0.1) is 11.6 Å². The van der Waals surface area contributed by atoms with Crippen LogP contribution in [0.2, 0.25) is 0 Å². The summed E-state index contributed by atoms with van der Waals surface area (Å²) in [5.74, 6) is -1.79. The van der Waals surface area contributed by atoms with Crippen molar-refractivity contribution < 1.29 is 23.5 Å². The van der Waals surface area contributed by atoms with E-state index < -0.39 is 23.8 Å². The Kier molecular flexibility index (Phi) is 12.2. The van der Waals surface area contributed by atoms with E-state index in [1.54, 1.807) is 6.20 Å². The quantitative estimate of drug-likeness (QED) is 0.266. The summed E-state index contributed by atoms with van der Waals surface area (Å²) in [5, 5.41) is 13.7. The van der Waals surface area contributed by atoms with Crippen LogP contribution >= 0.6 is 0 Å². The molecule has 0 spiro atoms. The summed E-state index contributed by atoms with van der Waals surface area (Å²) in [4.78, 5) is 31.3. The number of hydrogen-bond donors (Lipinski definition) is 3. The Hall–Kier alpha value is -3.69. The third-order valence-electron chi connectivity index (χ3n) is 6.65. The summed E-state index contributed by atoms with van der Waals surface area (Å²) >= 11 is 0. The van der Waals surface area contributed by atoms with E-state index in [9.17, 15) is 23.5 Å². The zero-order chi connectivity index (χ0) is 28.9. The van der Waals surface area contributed by atoms with Crippen LogP contribution in [0.5, 0.6) is 0 Å². The van der Waals surface area contributed by atoms with Crippen molar-refractivity contribution in [2.24, 2.45) is 5.73 Å². The zero-order valence-corrected chi connectivity index (χ0v) is 22.9. The van der Waals surface area contributed by atoms with Crippen LogP contribution in [0.1, 0.15) is 48.6 Å². The molecule has 0 fully saturated rings. The first-order chi connectivity index (χ1) is 19.2. The van der Waals surface area contributed by atoms with Gasteiger partial charge in [0.05, 0.1) is 6.10 Å². The van der Waals surface area contributed by atoms with Gasteiger partial charge in [0.25, 0.3) is 0 Å². The minimum Gasteiger partial charge on any atom is -0.390 e. The molecule has 0 aliphatic carbocycles. The maximum absolute atomic E-state index is 13.6. The van der Waals surface area contributed by atoms with E-state index >= 15 is 0 Å². The largest absolute Gasteiger partial charge is 0.390 e. The van der Waals surface area contributed by atoms with Crippen molar-refractivity contribution in [3.8, 4) is 0 Å². The van der Waals surface area contributed by atoms with Gasteiger partial charge in [-0.1, -0.05) is 37.3 Å². The van der Waals surface area contributed by atoms with Gasteiger partial charge in [-0.15, -0.1) is 0 Å². The molecule has 214 valence electrons. The number of hydrogen-bond acceptors (Lipinski definition) is 5. The van der Waals surface area contributed by atoms with E-state index in [2.05, 4.69) is 10.3 Å². The molecule has 3 aromatic rings. The number of benzene rings is 2. The number of pyridine rings is 1. The molecule has 0 aliphatic heterocycles. The second-order valence-corrected chi connectivity index (χ2v) is 9.94. The van der Waals surface area contributed by atoms with E-state index in [0.29, 0.717) is 24.9 Å². The first-order valence-corrected chi connectivity index (χ1v) is 13.6. The molecular formula is C31H38F2N4O3. The SMILES string of the molecule is CCc1cccc(CN(C[C@@H](O)[C@@H](N)Cc2cc(F)cc(F)c2)C(=O)CCCC(=O)NCCc2ccccn2)c1. The molecule has 40 heavy (non-hydrogen) atoms. The number of rotatable bonds is 15. The first-order valence-electron chi connectivity index (χ1n) is 13.6. The molecule has 0 saturated heterocycles. The molecule has 3 rings (SSSR count). The van der Waals surface area contributed by atoms with Gasteiger partial charge < -0.3 is 21.1 Å². The van der Waals surface area contributed by atoms with E-state index in [1.165, 1.54) is 17.0 Å². The fourth-order valence-corrected chi connectivity index (χ4v) is 4.44. The van der Waals surface area contributed by atoms with Crippen LogP contribution in [-0.4, -0.2) is 52.0 Å². The van der Waals surface area contributed by atoms with E-state index in [1.807, 2.05) is 49.4 Å². The van der Waals surface area contributed by atoms with Crippen molar-refractivity contribution in [3.05, 3.63) is 101 Å². The monoisotopic (exact) mass is 552 g/mol. The fraction of sp³-hybridized carbons (Fsp3) is 0.387. The predicted molar refractivity (Wildman–Crippen MR) is 150 cm³/mol. The Balaban J connectivity index is 1.56. The van der Waals surface area contributed by atoms with Gasteiger partial charge in [0, 0.05) is 62.9 Å². The van der Waals surface area contributed by atoms with Crippen LogP contribution in [0.25, 0.3) is 0 Å². The molecule has 2 atom stereocenters. The van der Waals surface area contributed by atoms with Gasteiger partial charge >= 0.3 is 0 Å². The number of halogens is 2. The topological polar surface area (TPSA) is 109 Å². The molecule has 0 bridgehead atoms. The third kappa shape index (κ3) is 10.5. The van der Waals surface area contributed by atoms with Gasteiger partial charge in [-0.25, -0.2) is 8.78 Å². The number of amides is 2. The van der Waals surface area contributed by atoms with Crippen LogP contribution in [-0.2, 0) is 35.4 Å². The molecular weight excluding hydrogens is 514 g/mol. The maximum atomic E-state index is 13.6. The van der Waals surface area contributed by atoms with Crippen LogP contribution < -0.4 is 11.1 Å². The average Bonchev–Trinajstić information content (AvgIpc) is 2.92. The molecule has 4 N–H and O–H groups in total. The average molecular weight is 553 g/mol. The van der Waals surface area contributed by atoms with E-state index in [0.717, 1.165) is 29.3 Å². The molecule has 2 aromatic carbocycles. The number of carbonyl (C=O) groups excluding carboxylic acids is 2. The Labute approximate surface area is 234 Å². The standard InChI is InChI=1S/C31H38F2N4O3/c1-2-22-7-5-8-23(15-22)20-37(21-29(38)28(34)18-24-16-25(32)19-26(33)17-24)31(40)11-6-10-30(39)36-14-12-27-9-3-4-13-35-27/h3-5,7-9,13,15-17,19,28-29,38H,2,6,10-12,14,18,20-21,34H2,1H3,(H,36,39)/t28-,29+/m0/s1.